The molecule has 0 unspecified atom stereocenters. The molecule has 112 valence electrons. The summed E-state index contributed by atoms with van der Waals surface area (Å²) in [6.45, 7) is 3.98. The van der Waals surface area contributed by atoms with E-state index in [9.17, 15) is 13.2 Å². The minimum Gasteiger partial charge on any atom is -0.384 e. The second-order valence-corrected chi connectivity index (χ2v) is 5.44. The maximum absolute atomic E-state index is 12.7. The van der Waals surface area contributed by atoms with E-state index in [0.29, 0.717) is 19.8 Å². The molecule has 7 heteroatoms. The molecule has 1 saturated heterocycles. The number of nitrogens with two attached hydrogens (primary N) is 1. The third-order valence-electron chi connectivity index (χ3n) is 3.57. The van der Waals surface area contributed by atoms with E-state index in [-0.39, 0.29) is 17.1 Å². The summed E-state index contributed by atoms with van der Waals surface area (Å²) in [4.78, 5) is 3.90. The number of nitrogens with zero attached hydrogens (tertiary/aromatic N) is 1. The van der Waals surface area contributed by atoms with Crippen molar-refractivity contribution >= 4 is 11.6 Å². The van der Waals surface area contributed by atoms with Crippen LogP contribution in [0.4, 0.5) is 24.8 Å². The molecule has 2 heterocycles. The van der Waals surface area contributed by atoms with E-state index in [1.165, 1.54) is 0 Å². The zero-order chi connectivity index (χ0) is 14.8. The maximum Gasteiger partial charge on any atom is 0.416 e. The van der Waals surface area contributed by atoms with Crippen LogP contribution >= 0.6 is 0 Å². The van der Waals surface area contributed by atoms with E-state index >= 15 is 0 Å². The Hall–Kier alpha value is -1.50. The molecular weight excluding hydrogens is 271 g/mol. The van der Waals surface area contributed by atoms with Gasteiger partial charge in [0.15, 0.2) is 0 Å². The quantitative estimate of drug-likeness (QED) is 0.898. The van der Waals surface area contributed by atoms with Crippen LogP contribution in [0, 0.1) is 5.41 Å². The second kappa shape index (κ2) is 5.47. The molecule has 3 N–H and O–H groups in total. The molecule has 1 aliphatic rings. The zero-order valence-corrected chi connectivity index (χ0v) is 11.3. The Morgan fingerprint density at radius 2 is 2.00 bits per heavy atom. The molecule has 2 rings (SSSR count). The maximum atomic E-state index is 12.7. The first-order valence-electron chi connectivity index (χ1n) is 6.45. The molecule has 0 atom stereocenters. The summed E-state index contributed by atoms with van der Waals surface area (Å²) in [6.07, 6.45) is -2.68. The molecule has 4 nitrogen and oxygen atoms in total. The highest BCUT2D eigenvalue weighted by Crippen LogP contribution is 2.33. The van der Waals surface area contributed by atoms with Gasteiger partial charge in [0.05, 0.1) is 5.56 Å². The van der Waals surface area contributed by atoms with Crippen LogP contribution in [0.1, 0.15) is 25.3 Å². The highest BCUT2D eigenvalue weighted by molar-refractivity contribution is 5.47. The molecule has 0 saturated carbocycles. The van der Waals surface area contributed by atoms with Gasteiger partial charge in [0.25, 0.3) is 0 Å². The molecular formula is C13H18F3N3O. The Labute approximate surface area is 115 Å². The summed E-state index contributed by atoms with van der Waals surface area (Å²) in [6, 6.07) is 1.82. The van der Waals surface area contributed by atoms with E-state index in [0.717, 1.165) is 25.0 Å². The normalized spacial score (nSPS) is 18.8. The van der Waals surface area contributed by atoms with Gasteiger partial charge in [0.1, 0.15) is 11.6 Å². The van der Waals surface area contributed by atoms with Crippen molar-refractivity contribution in [3.05, 3.63) is 17.7 Å². The lowest BCUT2D eigenvalue weighted by molar-refractivity contribution is -0.137. The van der Waals surface area contributed by atoms with Crippen LogP contribution in [-0.2, 0) is 10.9 Å². The highest BCUT2D eigenvalue weighted by Gasteiger charge is 2.32. The minimum absolute atomic E-state index is 0.00291. The molecule has 1 aliphatic heterocycles. The van der Waals surface area contributed by atoms with E-state index in [1.807, 2.05) is 0 Å². The third-order valence-corrected chi connectivity index (χ3v) is 3.57. The van der Waals surface area contributed by atoms with Crippen molar-refractivity contribution in [1.29, 1.82) is 0 Å². The van der Waals surface area contributed by atoms with Gasteiger partial charge in [-0.25, -0.2) is 4.98 Å². The Morgan fingerprint density at radius 3 is 2.60 bits per heavy atom. The van der Waals surface area contributed by atoms with Crippen LogP contribution in [0.5, 0.6) is 0 Å². The van der Waals surface area contributed by atoms with Crippen molar-refractivity contribution in [2.75, 3.05) is 30.8 Å². The van der Waals surface area contributed by atoms with Crippen molar-refractivity contribution in [2.24, 2.45) is 5.41 Å². The van der Waals surface area contributed by atoms with Gasteiger partial charge in [0, 0.05) is 19.8 Å². The molecule has 0 bridgehead atoms. The standard InChI is InChI=1S/C13H18F3N3O/c1-12(2-4-20-5-3-12)8-18-11-7-9(13(14,15)16)6-10(17)19-11/h6-7H,2-5,8H2,1H3,(H3,17,18,19). The van der Waals surface area contributed by atoms with Crippen LogP contribution < -0.4 is 11.1 Å². The lowest BCUT2D eigenvalue weighted by Crippen LogP contribution is -2.33. The topological polar surface area (TPSA) is 60.2 Å². The average molecular weight is 289 g/mol. The number of hydrogen-bond donors (Lipinski definition) is 2. The first-order valence-corrected chi connectivity index (χ1v) is 6.45. The lowest BCUT2D eigenvalue weighted by Gasteiger charge is -2.33. The van der Waals surface area contributed by atoms with Gasteiger partial charge in [-0.3, -0.25) is 0 Å². The van der Waals surface area contributed by atoms with Crippen LogP contribution in [0.2, 0.25) is 0 Å². The molecule has 1 aromatic heterocycles. The first-order chi connectivity index (χ1) is 9.28. The smallest absolute Gasteiger partial charge is 0.384 e. The van der Waals surface area contributed by atoms with Crippen LogP contribution in [-0.4, -0.2) is 24.7 Å². The SMILES string of the molecule is CC1(CNc2cc(C(F)(F)F)cc(N)n2)CCOCC1. The third kappa shape index (κ3) is 3.75. The number of anilines is 2. The van der Waals surface area contributed by atoms with Crippen molar-refractivity contribution in [1.82, 2.24) is 4.98 Å². The number of pyridine rings is 1. The molecule has 0 radical (unpaired) electrons. The van der Waals surface area contributed by atoms with E-state index in [4.69, 9.17) is 10.5 Å². The summed E-state index contributed by atoms with van der Waals surface area (Å²) >= 11 is 0. The van der Waals surface area contributed by atoms with Crippen LogP contribution in [0.15, 0.2) is 12.1 Å². The molecule has 1 fully saturated rings. The number of nitrogen functional groups attached to an aromatic ring is 1. The molecule has 0 amide bonds. The Kier molecular flexibility index (Phi) is 4.08. The van der Waals surface area contributed by atoms with Crippen molar-refractivity contribution in [3.63, 3.8) is 0 Å². The molecule has 0 aliphatic carbocycles. The summed E-state index contributed by atoms with van der Waals surface area (Å²) in [5.41, 5.74) is 4.64. The Balaban J connectivity index is 2.07. The predicted molar refractivity (Wildman–Crippen MR) is 70.3 cm³/mol. The van der Waals surface area contributed by atoms with Gasteiger partial charge in [-0.1, -0.05) is 6.92 Å². The van der Waals surface area contributed by atoms with E-state index in [2.05, 4.69) is 17.2 Å². The van der Waals surface area contributed by atoms with Crippen molar-refractivity contribution in [3.8, 4) is 0 Å². The van der Waals surface area contributed by atoms with Crippen molar-refractivity contribution < 1.29 is 17.9 Å². The fourth-order valence-corrected chi connectivity index (χ4v) is 2.15. The largest absolute Gasteiger partial charge is 0.416 e. The lowest BCUT2D eigenvalue weighted by atomic mass is 9.82. The van der Waals surface area contributed by atoms with Gasteiger partial charge in [-0.2, -0.15) is 13.2 Å². The Bertz CT molecular complexity index is 470. The molecule has 0 aromatic carbocycles. The first kappa shape index (κ1) is 14.9. The monoisotopic (exact) mass is 289 g/mol. The fourth-order valence-electron chi connectivity index (χ4n) is 2.15. The van der Waals surface area contributed by atoms with Crippen LogP contribution in [0.25, 0.3) is 0 Å². The molecule has 20 heavy (non-hydrogen) atoms. The van der Waals surface area contributed by atoms with Gasteiger partial charge >= 0.3 is 6.18 Å². The van der Waals surface area contributed by atoms with Crippen molar-refractivity contribution in [2.45, 2.75) is 25.9 Å². The van der Waals surface area contributed by atoms with Gasteiger partial charge in [-0.15, -0.1) is 0 Å². The van der Waals surface area contributed by atoms with Gasteiger partial charge < -0.3 is 15.8 Å². The number of alkyl halides is 3. The average Bonchev–Trinajstić information content (AvgIpc) is 2.36. The second-order valence-electron chi connectivity index (χ2n) is 5.44. The van der Waals surface area contributed by atoms with Gasteiger partial charge in [0.2, 0.25) is 0 Å². The number of ether oxygens (including phenoxy) is 1. The number of rotatable bonds is 3. The van der Waals surface area contributed by atoms with Crippen LogP contribution in [0.3, 0.4) is 0 Å². The minimum atomic E-state index is -4.42. The van der Waals surface area contributed by atoms with E-state index < -0.39 is 11.7 Å². The highest BCUT2D eigenvalue weighted by atomic mass is 19.4. The molecule has 0 spiro atoms. The summed E-state index contributed by atoms with van der Waals surface area (Å²) < 4.78 is 43.4. The molecule has 1 aromatic rings. The number of hydrogen-bond acceptors (Lipinski definition) is 4. The number of halogens is 3. The van der Waals surface area contributed by atoms with E-state index in [1.54, 1.807) is 0 Å². The van der Waals surface area contributed by atoms with Gasteiger partial charge in [-0.05, 0) is 30.4 Å². The summed E-state index contributed by atoms with van der Waals surface area (Å²) in [5, 5.41) is 2.96. The number of nitrogens with one attached hydrogen (secondary N) is 1. The number of aromatic nitrogens is 1. The summed E-state index contributed by atoms with van der Waals surface area (Å²) in [5.74, 6) is 0.0181. The predicted octanol–water partition coefficient (Wildman–Crippen LogP) is 2.91. The zero-order valence-electron chi connectivity index (χ0n) is 11.3. The Morgan fingerprint density at radius 1 is 1.35 bits per heavy atom. The fraction of sp³-hybridized carbons (Fsp3) is 0.615. The summed E-state index contributed by atoms with van der Waals surface area (Å²) in [7, 11) is 0.